The molecule has 2 unspecified atom stereocenters. The predicted octanol–water partition coefficient (Wildman–Crippen LogP) is 5.64. The number of Topliss-reactive ketones (excluding diaryl/α,β-unsaturated/α-hetero) is 1. The van der Waals surface area contributed by atoms with Crippen LogP contribution >= 0.6 is 0 Å². The molecular formula is C21H18F6N2O. The zero-order chi connectivity index (χ0) is 22.3. The zero-order valence-corrected chi connectivity index (χ0v) is 15.7. The standard InChI is InChI=1S/C21H18F6N2O/c1-11(28)19(30)9-16(17-10-29-18-5-3-2-4-15(17)18)12-6-13(20(22,23)24)8-14(7-12)21(25,26)27/h2-8,10-11,16,29H,9,28H2,1H3. The summed E-state index contributed by atoms with van der Waals surface area (Å²) in [6.45, 7) is 1.42. The van der Waals surface area contributed by atoms with E-state index in [4.69, 9.17) is 5.73 Å². The number of carbonyl (C=O) groups excluding carboxylic acids is 1. The highest BCUT2D eigenvalue weighted by molar-refractivity contribution is 5.88. The number of ketones is 1. The van der Waals surface area contributed by atoms with Crippen LogP contribution in [0.15, 0.2) is 48.7 Å². The van der Waals surface area contributed by atoms with Gasteiger partial charge >= 0.3 is 12.4 Å². The Labute approximate surface area is 167 Å². The topological polar surface area (TPSA) is 58.9 Å². The quantitative estimate of drug-likeness (QED) is 0.517. The number of aromatic nitrogens is 1. The lowest BCUT2D eigenvalue weighted by Gasteiger charge is -2.21. The SMILES string of the molecule is CC(N)C(=O)CC(c1cc(C(F)(F)F)cc(C(F)(F)F)c1)c1c[nH]c2ccccc12. The van der Waals surface area contributed by atoms with Gasteiger partial charge in [-0.1, -0.05) is 18.2 Å². The van der Waals surface area contributed by atoms with Gasteiger partial charge in [0.15, 0.2) is 0 Å². The van der Waals surface area contributed by atoms with E-state index in [1.165, 1.54) is 13.1 Å². The Hall–Kier alpha value is -2.81. The fourth-order valence-electron chi connectivity index (χ4n) is 3.36. The molecule has 0 aliphatic heterocycles. The van der Waals surface area contributed by atoms with Crippen molar-refractivity contribution >= 4 is 16.7 Å². The van der Waals surface area contributed by atoms with Gasteiger partial charge < -0.3 is 10.7 Å². The lowest BCUT2D eigenvalue weighted by molar-refractivity contribution is -0.143. The lowest BCUT2D eigenvalue weighted by Crippen LogP contribution is -2.28. The lowest BCUT2D eigenvalue weighted by atomic mass is 9.84. The Morgan fingerprint density at radius 3 is 2.10 bits per heavy atom. The van der Waals surface area contributed by atoms with Crippen LogP contribution in [-0.2, 0) is 17.1 Å². The molecule has 3 N–H and O–H groups in total. The molecule has 160 valence electrons. The summed E-state index contributed by atoms with van der Waals surface area (Å²) >= 11 is 0. The van der Waals surface area contributed by atoms with E-state index in [9.17, 15) is 31.1 Å². The Morgan fingerprint density at radius 1 is 1.00 bits per heavy atom. The highest BCUT2D eigenvalue weighted by Crippen LogP contribution is 2.41. The number of halogens is 6. The first kappa shape index (κ1) is 21.9. The molecule has 0 saturated heterocycles. The van der Waals surface area contributed by atoms with Gasteiger partial charge in [0.05, 0.1) is 17.2 Å². The first-order valence-electron chi connectivity index (χ1n) is 9.01. The summed E-state index contributed by atoms with van der Waals surface area (Å²) in [5.41, 5.74) is 3.57. The molecular weight excluding hydrogens is 410 g/mol. The number of fused-ring (bicyclic) bond motifs is 1. The van der Waals surface area contributed by atoms with Crippen LogP contribution in [0.25, 0.3) is 10.9 Å². The molecule has 3 rings (SSSR count). The van der Waals surface area contributed by atoms with Gasteiger partial charge in [0, 0.05) is 29.4 Å². The summed E-state index contributed by atoms with van der Waals surface area (Å²) in [5, 5.41) is 0.603. The molecule has 30 heavy (non-hydrogen) atoms. The number of nitrogens with one attached hydrogen (secondary N) is 1. The monoisotopic (exact) mass is 428 g/mol. The summed E-state index contributed by atoms with van der Waals surface area (Å²) in [6.07, 6.45) is -8.80. The van der Waals surface area contributed by atoms with Crippen molar-refractivity contribution in [3.8, 4) is 0 Å². The summed E-state index contributed by atoms with van der Waals surface area (Å²) < 4.78 is 80.0. The molecule has 1 heterocycles. The van der Waals surface area contributed by atoms with Gasteiger partial charge in [0.25, 0.3) is 0 Å². The van der Waals surface area contributed by atoms with Gasteiger partial charge in [-0.25, -0.2) is 0 Å². The third kappa shape index (κ3) is 4.51. The number of alkyl halides is 6. The minimum atomic E-state index is -4.98. The molecule has 0 saturated carbocycles. The van der Waals surface area contributed by atoms with Crippen molar-refractivity contribution in [1.29, 1.82) is 0 Å². The van der Waals surface area contributed by atoms with Gasteiger partial charge in [-0.05, 0) is 42.3 Å². The van der Waals surface area contributed by atoms with E-state index < -0.39 is 41.2 Å². The van der Waals surface area contributed by atoms with E-state index >= 15 is 0 Å². The second-order valence-electron chi connectivity index (χ2n) is 7.14. The highest BCUT2D eigenvalue weighted by Gasteiger charge is 2.38. The van der Waals surface area contributed by atoms with Crippen molar-refractivity contribution in [3.63, 3.8) is 0 Å². The predicted molar refractivity (Wildman–Crippen MR) is 99.9 cm³/mol. The third-order valence-corrected chi connectivity index (χ3v) is 4.92. The molecule has 9 heteroatoms. The van der Waals surface area contributed by atoms with Crippen molar-refractivity contribution in [2.75, 3.05) is 0 Å². The van der Waals surface area contributed by atoms with E-state index in [0.29, 0.717) is 28.6 Å². The maximum Gasteiger partial charge on any atom is 0.416 e. The van der Waals surface area contributed by atoms with Crippen molar-refractivity contribution in [2.45, 2.75) is 37.7 Å². The minimum Gasteiger partial charge on any atom is -0.361 e. The average molecular weight is 428 g/mol. The number of hydrogen-bond acceptors (Lipinski definition) is 2. The Balaban J connectivity index is 2.24. The number of hydrogen-bond donors (Lipinski definition) is 2. The van der Waals surface area contributed by atoms with Crippen LogP contribution in [0, 0.1) is 0 Å². The van der Waals surface area contributed by atoms with Crippen LogP contribution < -0.4 is 5.73 Å². The van der Waals surface area contributed by atoms with Crippen molar-refractivity contribution in [1.82, 2.24) is 4.98 Å². The number of nitrogens with two attached hydrogens (primary N) is 1. The van der Waals surface area contributed by atoms with E-state index in [1.807, 2.05) is 0 Å². The van der Waals surface area contributed by atoms with Crippen LogP contribution in [0.5, 0.6) is 0 Å². The molecule has 0 bridgehead atoms. The molecule has 0 fully saturated rings. The summed E-state index contributed by atoms with van der Waals surface area (Å²) in [5.74, 6) is -1.51. The van der Waals surface area contributed by atoms with Crippen molar-refractivity contribution in [2.24, 2.45) is 5.73 Å². The number of benzene rings is 2. The van der Waals surface area contributed by atoms with Gasteiger partial charge in [0.1, 0.15) is 5.78 Å². The molecule has 1 aromatic heterocycles. The second kappa shape index (κ2) is 7.79. The first-order valence-corrected chi connectivity index (χ1v) is 9.01. The molecule has 0 aliphatic carbocycles. The molecule has 2 aromatic carbocycles. The molecule has 0 aliphatic rings. The number of rotatable bonds is 5. The fraction of sp³-hybridized carbons (Fsp3) is 0.286. The Morgan fingerprint density at radius 2 is 1.57 bits per heavy atom. The number of aromatic amines is 1. The molecule has 3 aromatic rings. The van der Waals surface area contributed by atoms with E-state index in [2.05, 4.69) is 4.98 Å². The van der Waals surface area contributed by atoms with Gasteiger partial charge in [-0.3, -0.25) is 4.79 Å². The summed E-state index contributed by atoms with van der Waals surface area (Å²) in [6, 6.07) is 7.31. The maximum atomic E-state index is 13.3. The molecule has 3 nitrogen and oxygen atoms in total. The Kier molecular flexibility index (Phi) is 5.68. The second-order valence-corrected chi connectivity index (χ2v) is 7.14. The molecule has 2 atom stereocenters. The summed E-state index contributed by atoms with van der Waals surface area (Å²) in [7, 11) is 0. The summed E-state index contributed by atoms with van der Waals surface area (Å²) in [4.78, 5) is 15.3. The minimum absolute atomic E-state index is 0.0726. The fourth-order valence-corrected chi connectivity index (χ4v) is 3.36. The normalized spacial score (nSPS) is 14.7. The van der Waals surface area contributed by atoms with Crippen LogP contribution in [-0.4, -0.2) is 16.8 Å². The van der Waals surface area contributed by atoms with Gasteiger partial charge in [-0.2, -0.15) is 26.3 Å². The average Bonchev–Trinajstić information content (AvgIpc) is 3.08. The van der Waals surface area contributed by atoms with Crippen LogP contribution in [0.3, 0.4) is 0 Å². The van der Waals surface area contributed by atoms with Crippen molar-refractivity contribution < 1.29 is 31.1 Å². The smallest absolute Gasteiger partial charge is 0.361 e. The first-order chi connectivity index (χ1) is 13.9. The highest BCUT2D eigenvalue weighted by atomic mass is 19.4. The van der Waals surface area contributed by atoms with E-state index in [-0.39, 0.29) is 18.1 Å². The van der Waals surface area contributed by atoms with E-state index in [1.54, 1.807) is 24.3 Å². The van der Waals surface area contributed by atoms with Crippen LogP contribution in [0.2, 0.25) is 0 Å². The molecule has 0 spiro atoms. The van der Waals surface area contributed by atoms with Crippen LogP contribution in [0.4, 0.5) is 26.3 Å². The van der Waals surface area contributed by atoms with Gasteiger partial charge in [0.2, 0.25) is 0 Å². The van der Waals surface area contributed by atoms with E-state index in [0.717, 1.165) is 0 Å². The van der Waals surface area contributed by atoms with Crippen molar-refractivity contribution in [3.05, 3.63) is 70.9 Å². The third-order valence-electron chi connectivity index (χ3n) is 4.92. The number of H-pyrrole nitrogens is 1. The Bertz CT molecular complexity index is 1030. The van der Waals surface area contributed by atoms with Gasteiger partial charge in [-0.15, -0.1) is 0 Å². The maximum absolute atomic E-state index is 13.3. The zero-order valence-electron chi connectivity index (χ0n) is 15.7. The number of para-hydroxylation sites is 1. The molecule has 0 radical (unpaired) electrons. The largest absolute Gasteiger partial charge is 0.416 e. The van der Waals surface area contributed by atoms with Crippen LogP contribution in [0.1, 0.15) is 41.5 Å². The molecule has 0 amide bonds. The number of carbonyl (C=O) groups is 1.